The van der Waals surface area contributed by atoms with Crippen molar-refractivity contribution in [1.29, 1.82) is 0 Å². The van der Waals surface area contributed by atoms with E-state index in [2.05, 4.69) is 49.2 Å². The minimum atomic E-state index is 0.401. The Morgan fingerprint density at radius 3 is 2.54 bits per heavy atom. The summed E-state index contributed by atoms with van der Waals surface area (Å²) in [5.74, 6) is 3.58. The van der Waals surface area contributed by atoms with Crippen molar-refractivity contribution in [2.45, 2.75) is 46.1 Å². The third-order valence-corrected chi connectivity index (χ3v) is 4.86. The minimum Gasteiger partial charge on any atom is -0.367 e. The number of rotatable bonds is 5. The largest absolute Gasteiger partial charge is 0.367 e. The van der Waals surface area contributed by atoms with Crippen LogP contribution in [0.3, 0.4) is 0 Å². The summed E-state index contributed by atoms with van der Waals surface area (Å²) >= 11 is 0. The van der Waals surface area contributed by atoms with Crippen LogP contribution in [0.25, 0.3) is 11.4 Å². The molecule has 1 atom stereocenters. The minimum absolute atomic E-state index is 0.401. The van der Waals surface area contributed by atoms with Gasteiger partial charge in [0.1, 0.15) is 11.6 Å². The summed E-state index contributed by atoms with van der Waals surface area (Å²) in [5.41, 5.74) is 1.07. The highest BCUT2D eigenvalue weighted by Crippen LogP contribution is 2.26. The molecule has 0 radical (unpaired) electrons. The number of aromatic nitrogens is 2. The van der Waals surface area contributed by atoms with Crippen LogP contribution in [0, 0.1) is 5.92 Å². The third kappa shape index (κ3) is 4.05. The van der Waals surface area contributed by atoms with Crippen LogP contribution in [0.1, 0.15) is 40.0 Å². The summed E-state index contributed by atoms with van der Waals surface area (Å²) in [5, 5.41) is 3.51. The van der Waals surface area contributed by atoms with Gasteiger partial charge >= 0.3 is 0 Å². The molecule has 4 heteroatoms. The molecule has 2 heterocycles. The molecular formula is C20H28N4. The van der Waals surface area contributed by atoms with Crippen LogP contribution in [-0.4, -0.2) is 29.1 Å². The molecule has 24 heavy (non-hydrogen) atoms. The van der Waals surface area contributed by atoms with E-state index in [4.69, 9.17) is 9.97 Å². The first-order valence-electron chi connectivity index (χ1n) is 9.11. The quantitative estimate of drug-likeness (QED) is 0.873. The van der Waals surface area contributed by atoms with Gasteiger partial charge in [0.2, 0.25) is 0 Å². The molecule has 0 spiro atoms. The SMILES string of the molecule is CCC(C)Nc1cc(N2CCC(C)CC2)nc(-c2ccccc2)n1. The molecule has 0 amide bonds. The van der Waals surface area contributed by atoms with Gasteiger partial charge in [-0.2, -0.15) is 0 Å². The van der Waals surface area contributed by atoms with E-state index in [-0.39, 0.29) is 0 Å². The Labute approximate surface area is 145 Å². The smallest absolute Gasteiger partial charge is 0.163 e. The lowest BCUT2D eigenvalue weighted by Crippen LogP contribution is -2.33. The number of nitrogens with one attached hydrogen (secondary N) is 1. The maximum Gasteiger partial charge on any atom is 0.163 e. The Hall–Kier alpha value is -2.10. The first-order valence-corrected chi connectivity index (χ1v) is 9.11. The summed E-state index contributed by atoms with van der Waals surface area (Å²) in [6.45, 7) is 8.86. The van der Waals surface area contributed by atoms with Gasteiger partial charge in [0.25, 0.3) is 0 Å². The molecule has 128 valence electrons. The maximum atomic E-state index is 4.86. The van der Waals surface area contributed by atoms with Gasteiger partial charge in [0, 0.05) is 30.8 Å². The van der Waals surface area contributed by atoms with Crippen molar-refractivity contribution in [3.8, 4) is 11.4 Å². The zero-order valence-electron chi connectivity index (χ0n) is 15.0. The van der Waals surface area contributed by atoms with E-state index >= 15 is 0 Å². The highest BCUT2D eigenvalue weighted by Gasteiger charge is 2.19. The third-order valence-electron chi connectivity index (χ3n) is 4.86. The van der Waals surface area contributed by atoms with Crippen molar-refractivity contribution in [2.75, 3.05) is 23.3 Å². The van der Waals surface area contributed by atoms with Crippen LogP contribution in [0.4, 0.5) is 11.6 Å². The monoisotopic (exact) mass is 324 g/mol. The van der Waals surface area contributed by atoms with Crippen LogP contribution >= 0.6 is 0 Å². The van der Waals surface area contributed by atoms with E-state index < -0.39 is 0 Å². The van der Waals surface area contributed by atoms with Gasteiger partial charge in [-0.25, -0.2) is 9.97 Å². The van der Waals surface area contributed by atoms with Gasteiger partial charge in [-0.1, -0.05) is 44.2 Å². The zero-order valence-corrected chi connectivity index (χ0v) is 15.0. The van der Waals surface area contributed by atoms with E-state index in [9.17, 15) is 0 Å². The maximum absolute atomic E-state index is 4.86. The lowest BCUT2D eigenvalue weighted by atomic mass is 9.99. The molecule has 0 saturated carbocycles. The highest BCUT2D eigenvalue weighted by molar-refractivity contribution is 5.62. The van der Waals surface area contributed by atoms with Gasteiger partial charge < -0.3 is 10.2 Å². The fourth-order valence-electron chi connectivity index (χ4n) is 2.98. The predicted molar refractivity (Wildman–Crippen MR) is 101 cm³/mol. The average Bonchev–Trinajstić information content (AvgIpc) is 2.62. The number of benzene rings is 1. The second-order valence-electron chi connectivity index (χ2n) is 6.92. The highest BCUT2D eigenvalue weighted by atomic mass is 15.2. The van der Waals surface area contributed by atoms with Crippen molar-refractivity contribution in [2.24, 2.45) is 5.92 Å². The van der Waals surface area contributed by atoms with Crippen molar-refractivity contribution in [3.05, 3.63) is 36.4 Å². The normalized spacial score (nSPS) is 16.9. The molecule has 1 N–H and O–H groups in total. The molecule has 1 aromatic carbocycles. The summed E-state index contributed by atoms with van der Waals surface area (Å²) in [6.07, 6.45) is 3.54. The van der Waals surface area contributed by atoms with Gasteiger partial charge in [0.05, 0.1) is 0 Å². The molecule has 1 aliphatic heterocycles. The fourth-order valence-corrected chi connectivity index (χ4v) is 2.98. The number of hydrogen-bond acceptors (Lipinski definition) is 4. The van der Waals surface area contributed by atoms with Gasteiger partial charge in [0.15, 0.2) is 5.82 Å². The first-order chi connectivity index (χ1) is 11.7. The summed E-state index contributed by atoms with van der Waals surface area (Å²) in [7, 11) is 0. The average molecular weight is 324 g/mol. The van der Waals surface area contributed by atoms with Crippen LogP contribution in [0.15, 0.2) is 36.4 Å². The summed E-state index contributed by atoms with van der Waals surface area (Å²) in [6, 6.07) is 12.8. The van der Waals surface area contributed by atoms with Crippen LogP contribution in [0.2, 0.25) is 0 Å². The molecule has 4 nitrogen and oxygen atoms in total. The summed E-state index contributed by atoms with van der Waals surface area (Å²) < 4.78 is 0. The predicted octanol–water partition coefficient (Wildman–Crippen LogP) is 4.59. The first kappa shape index (κ1) is 16.7. The Kier molecular flexibility index (Phi) is 5.34. The molecule has 1 unspecified atom stereocenters. The van der Waals surface area contributed by atoms with Crippen molar-refractivity contribution < 1.29 is 0 Å². The van der Waals surface area contributed by atoms with E-state index in [1.807, 2.05) is 18.2 Å². The molecule has 1 aliphatic rings. The number of hydrogen-bond donors (Lipinski definition) is 1. The van der Waals surface area contributed by atoms with E-state index in [1.54, 1.807) is 0 Å². The molecular weight excluding hydrogens is 296 g/mol. The molecule has 0 aliphatic carbocycles. The summed E-state index contributed by atoms with van der Waals surface area (Å²) in [4.78, 5) is 12.0. The molecule has 2 aromatic rings. The van der Waals surface area contributed by atoms with Crippen molar-refractivity contribution >= 4 is 11.6 Å². The molecule has 1 saturated heterocycles. The molecule has 0 bridgehead atoms. The lowest BCUT2D eigenvalue weighted by Gasteiger charge is -2.31. The standard InChI is InChI=1S/C20H28N4/c1-4-16(3)21-18-14-19(24-12-10-15(2)11-13-24)23-20(22-18)17-8-6-5-7-9-17/h5-9,14-16H,4,10-13H2,1-3H3,(H,21,22,23). The van der Waals surface area contributed by atoms with Crippen LogP contribution < -0.4 is 10.2 Å². The molecule has 3 rings (SSSR count). The van der Waals surface area contributed by atoms with Crippen molar-refractivity contribution in [3.63, 3.8) is 0 Å². The second-order valence-corrected chi connectivity index (χ2v) is 6.92. The van der Waals surface area contributed by atoms with E-state index in [0.29, 0.717) is 6.04 Å². The fraction of sp³-hybridized carbons (Fsp3) is 0.500. The Bertz CT molecular complexity index is 648. The van der Waals surface area contributed by atoms with E-state index in [1.165, 1.54) is 12.8 Å². The van der Waals surface area contributed by atoms with Crippen LogP contribution in [-0.2, 0) is 0 Å². The Balaban J connectivity index is 1.93. The number of piperidine rings is 1. The van der Waals surface area contributed by atoms with Crippen LogP contribution in [0.5, 0.6) is 0 Å². The van der Waals surface area contributed by atoms with Gasteiger partial charge in [-0.3, -0.25) is 0 Å². The Morgan fingerprint density at radius 2 is 1.88 bits per heavy atom. The van der Waals surface area contributed by atoms with E-state index in [0.717, 1.165) is 48.5 Å². The van der Waals surface area contributed by atoms with Gasteiger partial charge in [-0.15, -0.1) is 0 Å². The molecule has 1 aromatic heterocycles. The topological polar surface area (TPSA) is 41.0 Å². The lowest BCUT2D eigenvalue weighted by molar-refractivity contribution is 0.436. The molecule has 1 fully saturated rings. The number of anilines is 2. The zero-order chi connectivity index (χ0) is 16.9. The van der Waals surface area contributed by atoms with Gasteiger partial charge in [-0.05, 0) is 32.1 Å². The number of nitrogens with zero attached hydrogens (tertiary/aromatic N) is 3. The van der Waals surface area contributed by atoms with Crippen molar-refractivity contribution in [1.82, 2.24) is 9.97 Å². The Morgan fingerprint density at radius 1 is 1.17 bits per heavy atom. The second kappa shape index (κ2) is 7.65.